The van der Waals surface area contributed by atoms with Crippen molar-refractivity contribution in [3.8, 4) is 11.1 Å². The quantitative estimate of drug-likeness (QED) is 0.0387. The average molecular weight is 709 g/mol. The molecule has 0 fully saturated rings. The minimum absolute atomic E-state index is 0.905. The summed E-state index contributed by atoms with van der Waals surface area (Å²) in [5.41, 5.74) is 7.34. The van der Waals surface area contributed by atoms with Crippen molar-refractivity contribution in [3.05, 3.63) is 158 Å². The van der Waals surface area contributed by atoms with E-state index in [1.165, 1.54) is 55.9 Å². The Labute approximate surface area is 292 Å². The van der Waals surface area contributed by atoms with Crippen LogP contribution in [0.25, 0.3) is 11.1 Å². The predicted octanol–water partition coefficient (Wildman–Crippen LogP) is 7.05. The van der Waals surface area contributed by atoms with Crippen LogP contribution in [0.5, 0.6) is 0 Å². The molecular weight excluding hydrogens is 675 g/mol. The molecule has 48 heavy (non-hydrogen) atoms. The number of hydrogen-bond donors (Lipinski definition) is 2. The maximum atomic E-state index is 5.63. The van der Waals surface area contributed by atoms with E-state index in [0.717, 1.165) is 20.9 Å². The number of nitrogens with one attached hydrogen (secondary N) is 2. The van der Waals surface area contributed by atoms with Gasteiger partial charge in [-0.15, -0.1) is 18.6 Å². The van der Waals surface area contributed by atoms with Gasteiger partial charge in [0.05, 0.1) is 24.1 Å². The van der Waals surface area contributed by atoms with E-state index in [1.807, 2.05) is 0 Å². The molecular formula is C38H34N2O4P2S2. The van der Waals surface area contributed by atoms with Gasteiger partial charge >= 0.3 is 0 Å². The van der Waals surface area contributed by atoms with Gasteiger partial charge in [-0.2, -0.15) is 11.0 Å². The Morgan fingerprint density at radius 2 is 0.708 bits per heavy atom. The molecule has 0 saturated heterocycles. The topological polar surface area (TPSA) is 61.0 Å². The van der Waals surface area contributed by atoms with Crippen molar-refractivity contribution in [1.29, 1.82) is 0 Å². The lowest BCUT2D eigenvalue weighted by Gasteiger charge is -2.28. The predicted molar refractivity (Wildman–Crippen MR) is 203 cm³/mol. The summed E-state index contributed by atoms with van der Waals surface area (Å²) in [5, 5.41) is 7.32. The van der Waals surface area contributed by atoms with Crippen LogP contribution in [0.1, 0.15) is 0 Å². The highest BCUT2D eigenvalue weighted by molar-refractivity contribution is 7.95. The van der Waals surface area contributed by atoms with E-state index in [9.17, 15) is 0 Å². The van der Waals surface area contributed by atoms with Gasteiger partial charge in [0.15, 0.2) is 0 Å². The van der Waals surface area contributed by atoms with Gasteiger partial charge in [0, 0.05) is 35.0 Å². The van der Waals surface area contributed by atoms with Gasteiger partial charge in [-0.1, -0.05) is 146 Å². The van der Waals surface area contributed by atoms with Crippen LogP contribution in [0.3, 0.4) is 0 Å². The molecule has 2 N–H and O–H groups in total. The van der Waals surface area contributed by atoms with Gasteiger partial charge in [-0.25, -0.2) is 0 Å². The lowest BCUT2D eigenvalue weighted by Crippen LogP contribution is -2.26. The van der Waals surface area contributed by atoms with Crippen molar-refractivity contribution < 1.29 is 18.6 Å². The minimum Gasteiger partial charge on any atom is -0.172 e. The second-order valence-electron chi connectivity index (χ2n) is 10.2. The molecule has 0 saturated carbocycles. The Morgan fingerprint density at radius 3 is 1.00 bits per heavy atom. The second-order valence-corrected chi connectivity index (χ2v) is 16.0. The Balaban J connectivity index is 1.69. The van der Waals surface area contributed by atoms with Gasteiger partial charge in [-0.3, -0.25) is 0 Å². The first-order valence-corrected chi connectivity index (χ1v) is 19.4. The smallest absolute Gasteiger partial charge is 0.0709 e. The third-order valence-electron chi connectivity index (χ3n) is 7.28. The summed E-state index contributed by atoms with van der Waals surface area (Å²) in [6.07, 6.45) is 0. The number of rotatable bonds is 15. The van der Waals surface area contributed by atoms with E-state index in [0.29, 0.717) is 0 Å². The van der Waals surface area contributed by atoms with E-state index in [-0.39, 0.29) is 0 Å². The molecule has 6 aromatic rings. The standard InChI is InChI=1S/C38H34N2O4P2S2/c1-39-41-43-47-35-27-15-25-33(45(29-17-7-3-8-18-29)30-19-9-4-10-20-30)37(35)38-34(26-16-28-36(38)48-44-42-40-2)46(31-21-11-5-12-22-31)32-23-13-6-14-24-32/h3-28,39-40H,1-2H3. The van der Waals surface area contributed by atoms with Gasteiger partial charge < -0.3 is 0 Å². The van der Waals surface area contributed by atoms with Crippen LogP contribution < -0.4 is 42.8 Å². The molecule has 0 spiro atoms. The normalized spacial score (nSPS) is 11.3. The van der Waals surface area contributed by atoms with Gasteiger partial charge in [-0.05, 0) is 59.8 Å². The summed E-state index contributed by atoms with van der Waals surface area (Å²) in [5.74, 6) is 0. The maximum Gasteiger partial charge on any atom is 0.0709 e. The fourth-order valence-corrected chi connectivity index (χ4v) is 11.7. The molecule has 0 radical (unpaired) electrons. The first kappa shape index (κ1) is 34.5. The Kier molecular flexibility index (Phi) is 12.8. The summed E-state index contributed by atoms with van der Waals surface area (Å²) in [7, 11) is 1.32. The summed E-state index contributed by atoms with van der Waals surface area (Å²) >= 11 is 2.35. The molecule has 6 nitrogen and oxygen atoms in total. The van der Waals surface area contributed by atoms with Crippen molar-refractivity contribution in [2.75, 3.05) is 14.1 Å². The molecule has 0 heterocycles. The van der Waals surface area contributed by atoms with Crippen LogP contribution >= 0.6 is 39.9 Å². The molecule has 0 aliphatic rings. The van der Waals surface area contributed by atoms with Crippen LogP contribution in [-0.2, 0) is 18.6 Å². The largest absolute Gasteiger partial charge is 0.172 e. The second kappa shape index (κ2) is 17.9. The highest BCUT2D eigenvalue weighted by Crippen LogP contribution is 2.47. The van der Waals surface area contributed by atoms with Crippen molar-refractivity contribution in [2.45, 2.75) is 9.79 Å². The average Bonchev–Trinajstić information content (AvgIpc) is 3.14. The monoisotopic (exact) mass is 708 g/mol. The molecule has 0 aliphatic carbocycles. The summed E-state index contributed by atoms with van der Waals surface area (Å²) in [6.45, 7) is 0. The van der Waals surface area contributed by atoms with E-state index >= 15 is 0 Å². The zero-order chi connectivity index (χ0) is 33.0. The first-order valence-electron chi connectivity index (χ1n) is 15.2. The molecule has 6 rings (SSSR count). The van der Waals surface area contributed by atoms with E-state index in [4.69, 9.17) is 18.6 Å². The Morgan fingerprint density at radius 1 is 0.396 bits per heavy atom. The third kappa shape index (κ3) is 8.25. The highest BCUT2D eigenvalue weighted by atomic mass is 32.2. The molecule has 0 atom stereocenters. The highest BCUT2D eigenvalue weighted by Gasteiger charge is 2.29. The van der Waals surface area contributed by atoms with E-state index in [1.54, 1.807) is 14.1 Å². The molecule has 0 aromatic heterocycles. The van der Waals surface area contributed by atoms with Crippen molar-refractivity contribution >= 4 is 71.8 Å². The number of benzene rings is 6. The molecule has 10 heteroatoms. The van der Waals surface area contributed by atoms with Crippen LogP contribution in [0, 0.1) is 0 Å². The van der Waals surface area contributed by atoms with Crippen LogP contribution in [0.15, 0.2) is 168 Å². The minimum atomic E-state index is -1.01. The number of hydroxylamine groups is 2. The lowest BCUT2D eigenvalue weighted by molar-refractivity contribution is -0.238. The van der Waals surface area contributed by atoms with Crippen LogP contribution in [-0.4, -0.2) is 14.1 Å². The van der Waals surface area contributed by atoms with E-state index < -0.39 is 15.8 Å². The zero-order valence-electron chi connectivity index (χ0n) is 26.4. The molecule has 6 aromatic carbocycles. The van der Waals surface area contributed by atoms with Crippen LogP contribution in [0.2, 0.25) is 0 Å². The fraction of sp³-hybridized carbons (Fsp3) is 0.0526. The Hall–Kier alpha value is -3.36. The maximum absolute atomic E-state index is 5.63. The molecule has 0 amide bonds. The van der Waals surface area contributed by atoms with Gasteiger partial charge in [0.25, 0.3) is 0 Å². The molecule has 0 bridgehead atoms. The summed E-state index contributed by atoms with van der Waals surface area (Å²) in [6, 6.07) is 55.7. The summed E-state index contributed by atoms with van der Waals surface area (Å²) < 4.78 is 11.3. The first-order chi connectivity index (χ1) is 23.8. The fourth-order valence-electron chi connectivity index (χ4n) is 5.39. The Bertz CT molecular complexity index is 1660. The van der Waals surface area contributed by atoms with E-state index in [2.05, 4.69) is 169 Å². The number of hydrogen-bond acceptors (Lipinski definition) is 8. The SMILES string of the molecule is CNOOSc1cccc(P(c2ccccc2)c2ccccc2)c1-c1c(SOONC)cccc1P(c1ccccc1)c1ccccc1. The van der Waals surface area contributed by atoms with Gasteiger partial charge in [0.2, 0.25) is 0 Å². The van der Waals surface area contributed by atoms with Crippen molar-refractivity contribution in [1.82, 2.24) is 11.0 Å². The third-order valence-corrected chi connectivity index (χ3v) is 13.6. The zero-order valence-corrected chi connectivity index (χ0v) is 29.8. The molecule has 242 valence electrons. The molecule has 0 aliphatic heterocycles. The lowest BCUT2D eigenvalue weighted by atomic mass is 10.1. The van der Waals surface area contributed by atoms with Crippen molar-refractivity contribution in [3.63, 3.8) is 0 Å². The van der Waals surface area contributed by atoms with Crippen molar-refractivity contribution in [2.24, 2.45) is 0 Å². The molecule has 0 unspecified atom stereocenters. The summed E-state index contributed by atoms with van der Waals surface area (Å²) in [4.78, 5) is 12.2. The van der Waals surface area contributed by atoms with Gasteiger partial charge in [0.1, 0.15) is 0 Å². The van der Waals surface area contributed by atoms with Crippen LogP contribution in [0.4, 0.5) is 0 Å².